The third kappa shape index (κ3) is 6.28. The van der Waals surface area contributed by atoms with Crippen molar-refractivity contribution < 1.29 is 22.7 Å². The van der Waals surface area contributed by atoms with E-state index in [0.29, 0.717) is 78.9 Å². The van der Waals surface area contributed by atoms with Crippen LogP contribution in [0.3, 0.4) is 0 Å². The second-order valence-electron chi connectivity index (χ2n) is 20.8. The van der Waals surface area contributed by atoms with Crippen LogP contribution in [0.5, 0.6) is 0 Å². The van der Waals surface area contributed by atoms with Gasteiger partial charge in [0, 0.05) is 19.6 Å². The molecule has 0 aromatic rings. The molecule has 7 rings (SSSR count). The van der Waals surface area contributed by atoms with E-state index >= 15 is 0 Å². The Kier molecular flexibility index (Phi) is 10.4. The minimum Gasteiger partial charge on any atom is -0.481 e. The number of allylic oxidation sites excluding steroid dienone is 5. The molecule has 4 saturated carbocycles. The summed E-state index contributed by atoms with van der Waals surface area (Å²) >= 11 is 0. The van der Waals surface area contributed by atoms with Crippen molar-refractivity contribution in [2.24, 2.45) is 62.1 Å². The van der Waals surface area contributed by atoms with Gasteiger partial charge in [0.05, 0.1) is 16.9 Å². The Bertz CT molecular complexity index is 1620. The first-order valence-electron chi connectivity index (χ1n) is 21.4. The Morgan fingerprint density at radius 3 is 2.32 bits per heavy atom. The number of fused-ring (bicyclic) bond motifs is 7. The van der Waals surface area contributed by atoms with E-state index in [1.165, 1.54) is 68.1 Å². The Labute approximate surface area is 321 Å². The summed E-state index contributed by atoms with van der Waals surface area (Å²) < 4.78 is 37.8. The maximum atomic E-state index is 14.0. The summed E-state index contributed by atoms with van der Waals surface area (Å²) in [7, 11) is -2.84. The van der Waals surface area contributed by atoms with Crippen LogP contribution in [0, 0.1) is 62.1 Å². The molecule has 53 heavy (non-hydrogen) atoms. The standard InChI is InChI=1S/C45H71FN2O4S/c1-31(2)33-13-20-45(30-47-23-8-24-48-25-27-53(51,52)28-26-48)22-21-42(6)35(38(33)45)9-10-37-41(5)16-14-34(40(3,4)36(41)15-17-43(37,42)7)32-11-18-44(29-46,19-12-32)39(49)50/h11,14,33,35-38,47H,1,8-10,12-13,15-30H2,2-7H3,(H,49,50)/t33-,35+,36-,37+,38+,41-,42+,43+,44?,45+/m0/s1. The van der Waals surface area contributed by atoms with E-state index in [0.717, 1.165) is 32.5 Å². The average molecular weight is 755 g/mol. The second kappa shape index (κ2) is 13.9. The molecule has 0 amide bonds. The van der Waals surface area contributed by atoms with Gasteiger partial charge in [-0.2, -0.15) is 0 Å². The molecule has 0 radical (unpaired) electrons. The number of hydrogen-bond acceptors (Lipinski definition) is 5. The van der Waals surface area contributed by atoms with Crippen LogP contribution in [-0.2, 0) is 14.6 Å². The molecule has 6 aliphatic carbocycles. The largest absolute Gasteiger partial charge is 0.481 e. The summed E-state index contributed by atoms with van der Waals surface area (Å²) in [6.07, 6.45) is 18.4. The van der Waals surface area contributed by atoms with Crippen molar-refractivity contribution in [3.05, 3.63) is 35.5 Å². The fourth-order valence-corrected chi connectivity index (χ4v) is 16.3. The molecule has 0 spiro atoms. The molecule has 2 N–H and O–H groups in total. The minimum absolute atomic E-state index is 0.00749. The van der Waals surface area contributed by atoms with E-state index in [1.54, 1.807) is 0 Å². The molecule has 1 unspecified atom stereocenters. The lowest BCUT2D eigenvalue weighted by atomic mass is 9.32. The zero-order chi connectivity index (χ0) is 38.2. The van der Waals surface area contributed by atoms with Crippen LogP contribution in [-0.4, -0.2) is 75.3 Å². The van der Waals surface area contributed by atoms with Gasteiger partial charge in [0.2, 0.25) is 0 Å². The molecular weight excluding hydrogens is 684 g/mol. The zero-order valence-corrected chi connectivity index (χ0v) is 34.8. The highest BCUT2D eigenvalue weighted by atomic mass is 32.2. The first-order valence-corrected chi connectivity index (χ1v) is 23.2. The fraction of sp³-hybridized carbons (Fsp3) is 0.844. The summed E-state index contributed by atoms with van der Waals surface area (Å²) in [6.45, 7) is 23.5. The number of rotatable bonds is 10. The molecule has 298 valence electrons. The van der Waals surface area contributed by atoms with Gasteiger partial charge in [0.1, 0.15) is 6.67 Å². The van der Waals surface area contributed by atoms with E-state index in [2.05, 4.69) is 70.5 Å². The summed E-state index contributed by atoms with van der Waals surface area (Å²) in [4.78, 5) is 14.3. The Morgan fingerprint density at radius 1 is 0.943 bits per heavy atom. The summed E-state index contributed by atoms with van der Waals surface area (Å²) in [5.41, 5.74) is 3.92. The van der Waals surface area contributed by atoms with Gasteiger partial charge in [0.25, 0.3) is 0 Å². The van der Waals surface area contributed by atoms with Crippen LogP contribution in [0.1, 0.15) is 125 Å². The monoisotopic (exact) mass is 755 g/mol. The highest BCUT2D eigenvalue weighted by molar-refractivity contribution is 7.91. The van der Waals surface area contributed by atoms with Gasteiger partial charge in [0.15, 0.2) is 9.84 Å². The number of carboxylic acids is 1. The summed E-state index contributed by atoms with van der Waals surface area (Å²) in [5, 5.41) is 13.8. The van der Waals surface area contributed by atoms with Crippen molar-refractivity contribution >= 4 is 15.8 Å². The van der Waals surface area contributed by atoms with E-state index in [1.807, 2.05) is 0 Å². The second-order valence-corrected chi connectivity index (χ2v) is 23.1. The summed E-state index contributed by atoms with van der Waals surface area (Å²) in [6, 6.07) is 0. The van der Waals surface area contributed by atoms with Gasteiger partial charge in [-0.25, -0.2) is 12.8 Å². The molecule has 5 fully saturated rings. The van der Waals surface area contributed by atoms with Gasteiger partial charge in [-0.15, -0.1) is 0 Å². The molecule has 8 heteroatoms. The zero-order valence-electron chi connectivity index (χ0n) is 34.0. The van der Waals surface area contributed by atoms with Crippen molar-refractivity contribution in [1.29, 1.82) is 0 Å². The van der Waals surface area contributed by atoms with Crippen LogP contribution < -0.4 is 5.32 Å². The molecule has 1 aliphatic heterocycles. The van der Waals surface area contributed by atoms with Crippen molar-refractivity contribution in [1.82, 2.24) is 10.2 Å². The average Bonchev–Trinajstić information content (AvgIpc) is 3.49. The molecule has 10 atom stereocenters. The van der Waals surface area contributed by atoms with Gasteiger partial charge >= 0.3 is 5.97 Å². The van der Waals surface area contributed by atoms with Crippen LogP contribution in [0.4, 0.5) is 4.39 Å². The van der Waals surface area contributed by atoms with Crippen LogP contribution in [0.15, 0.2) is 35.5 Å². The number of alkyl halides is 1. The molecule has 0 aromatic heterocycles. The lowest BCUT2D eigenvalue weighted by molar-refractivity contribution is -0.226. The Hall–Kier alpha value is -1.51. The minimum atomic E-state index is -2.84. The SMILES string of the molecule is C=C(C)[C@@H]1CC[C@]2(CNCCCN3CCS(=O)(=O)CC3)CC[C@]3(C)[C@H](CC[C@@H]4[C@@]5(C)CC=C(C6=CCC(CF)(C(=O)O)CC6)C(C)(C)[C@@H]5CC[C@]43C)[C@@H]12. The van der Waals surface area contributed by atoms with E-state index in [9.17, 15) is 22.7 Å². The number of carboxylic acid groups (broad SMARTS) is 1. The van der Waals surface area contributed by atoms with Crippen LogP contribution >= 0.6 is 0 Å². The predicted octanol–water partition coefficient (Wildman–Crippen LogP) is 9.04. The lowest BCUT2D eigenvalue weighted by Gasteiger charge is -2.72. The Balaban J connectivity index is 1.08. The molecule has 6 nitrogen and oxygen atoms in total. The lowest BCUT2D eigenvalue weighted by Crippen LogP contribution is -2.66. The van der Waals surface area contributed by atoms with Gasteiger partial charge in [-0.1, -0.05) is 58.9 Å². The highest BCUT2D eigenvalue weighted by Crippen LogP contribution is 2.77. The highest BCUT2D eigenvalue weighted by Gasteiger charge is 2.70. The van der Waals surface area contributed by atoms with Gasteiger partial charge in [-0.3, -0.25) is 4.79 Å². The van der Waals surface area contributed by atoms with Gasteiger partial charge in [-0.05, 0) is 171 Å². The number of sulfone groups is 1. The van der Waals surface area contributed by atoms with Crippen molar-refractivity contribution in [2.45, 2.75) is 125 Å². The first kappa shape index (κ1) is 39.7. The number of halogens is 1. The summed E-state index contributed by atoms with van der Waals surface area (Å²) in [5.74, 6) is 2.83. The van der Waals surface area contributed by atoms with E-state index in [4.69, 9.17) is 0 Å². The molecule has 7 aliphatic rings. The maximum Gasteiger partial charge on any atom is 0.312 e. The van der Waals surface area contributed by atoms with Crippen molar-refractivity contribution in [3.63, 3.8) is 0 Å². The number of nitrogens with one attached hydrogen (secondary N) is 1. The number of hydrogen-bond donors (Lipinski definition) is 2. The molecule has 1 saturated heterocycles. The smallest absolute Gasteiger partial charge is 0.312 e. The van der Waals surface area contributed by atoms with E-state index in [-0.39, 0.29) is 21.7 Å². The third-order valence-electron chi connectivity index (χ3n) is 18.2. The van der Waals surface area contributed by atoms with Crippen LogP contribution in [0.2, 0.25) is 0 Å². The van der Waals surface area contributed by atoms with E-state index < -0.39 is 27.9 Å². The number of nitrogens with zero attached hydrogens (tertiary/aromatic N) is 1. The van der Waals surface area contributed by atoms with Crippen molar-refractivity contribution in [3.8, 4) is 0 Å². The van der Waals surface area contributed by atoms with Gasteiger partial charge < -0.3 is 15.3 Å². The number of carbonyl (C=O) groups is 1. The number of aliphatic carboxylic acids is 1. The molecule has 0 bridgehead atoms. The maximum absolute atomic E-state index is 14.0. The Morgan fingerprint density at radius 2 is 1.68 bits per heavy atom. The molecule has 0 aromatic carbocycles. The quantitative estimate of drug-likeness (QED) is 0.171. The molecule has 1 heterocycles. The normalized spacial score (nSPS) is 44.8. The molecular formula is C45H71FN2O4S. The van der Waals surface area contributed by atoms with Crippen LogP contribution in [0.25, 0.3) is 0 Å². The third-order valence-corrected chi connectivity index (χ3v) is 19.8. The topological polar surface area (TPSA) is 86.7 Å². The fourth-order valence-electron chi connectivity index (χ4n) is 15.0. The first-order chi connectivity index (χ1) is 24.9. The predicted molar refractivity (Wildman–Crippen MR) is 213 cm³/mol. The van der Waals surface area contributed by atoms with Crippen molar-refractivity contribution in [2.75, 3.05) is 50.9 Å².